The zero-order chi connectivity index (χ0) is 8.55. The van der Waals surface area contributed by atoms with E-state index in [2.05, 4.69) is 5.32 Å². The van der Waals surface area contributed by atoms with Crippen molar-refractivity contribution in [3.05, 3.63) is 0 Å². The van der Waals surface area contributed by atoms with Crippen molar-refractivity contribution in [2.24, 2.45) is 11.8 Å². The first-order valence-electron chi connectivity index (χ1n) is 4.75. The summed E-state index contributed by atoms with van der Waals surface area (Å²) in [4.78, 5) is 10.8. The second-order valence-electron chi connectivity index (χ2n) is 3.93. The third-order valence-corrected chi connectivity index (χ3v) is 3.26. The van der Waals surface area contributed by atoms with E-state index in [1.54, 1.807) is 0 Å². The summed E-state index contributed by atoms with van der Waals surface area (Å²) in [5.41, 5.74) is 0. The topological polar surface area (TPSA) is 49.3 Å². The Balaban J connectivity index is 2.05. The number of fused-ring (bicyclic) bond motifs is 1. The maximum Gasteiger partial charge on any atom is 0.320 e. The van der Waals surface area contributed by atoms with Gasteiger partial charge in [0.15, 0.2) is 0 Å². The molecule has 68 valence electrons. The zero-order valence-electron chi connectivity index (χ0n) is 7.12. The highest BCUT2D eigenvalue weighted by Gasteiger charge is 2.40. The van der Waals surface area contributed by atoms with Gasteiger partial charge in [-0.2, -0.15) is 0 Å². The molecule has 1 aliphatic carbocycles. The number of carbonyl (C=O) groups is 1. The summed E-state index contributed by atoms with van der Waals surface area (Å²) in [5.74, 6) is 0.389. The molecule has 1 aliphatic heterocycles. The second kappa shape index (κ2) is 3.05. The molecular weight excluding hydrogens is 154 g/mol. The fourth-order valence-corrected chi connectivity index (χ4v) is 2.63. The third kappa shape index (κ3) is 1.22. The fraction of sp³-hybridized carbons (Fsp3) is 0.889. The van der Waals surface area contributed by atoms with E-state index in [4.69, 9.17) is 5.11 Å². The number of aliphatic carboxylic acids is 1. The quantitative estimate of drug-likeness (QED) is 0.611. The molecule has 3 atom stereocenters. The van der Waals surface area contributed by atoms with Gasteiger partial charge in [-0.3, -0.25) is 4.79 Å². The molecule has 0 aromatic carbocycles. The third-order valence-electron chi connectivity index (χ3n) is 3.26. The zero-order valence-corrected chi connectivity index (χ0v) is 7.12. The van der Waals surface area contributed by atoms with Crippen LogP contribution in [0.2, 0.25) is 0 Å². The minimum atomic E-state index is -0.663. The van der Waals surface area contributed by atoms with Gasteiger partial charge in [-0.15, -0.1) is 0 Å². The maximum atomic E-state index is 10.8. The van der Waals surface area contributed by atoms with Gasteiger partial charge < -0.3 is 10.4 Å². The molecule has 2 rings (SSSR count). The van der Waals surface area contributed by atoms with Crippen molar-refractivity contribution in [2.45, 2.75) is 31.7 Å². The van der Waals surface area contributed by atoms with Crippen LogP contribution in [-0.4, -0.2) is 23.7 Å². The summed E-state index contributed by atoms with van der Waals surface area (Å²) in [7, 11) is 0. The molecule has 2 aliphatic rings. The van der Waals surface area contributed by atoms with Gasteiger partial charge in [0.05, 0.1) is 0 Å². The van der Waals surface area contributed by atoms with Crippen LogP contribution < -0.4 is 5.32 Å². The molecule has 12 heavy (non-hydrogen) atoms. The molecule has 1 saturated heterocycles. The van der Waals surface area contributed by atoms with Crippen LogP contribution in [0.4, 0.5) is 0 Å². The highest BCUT2D eigenvalue weighted by molar-refractivity contribution is 5.74. The van der Waals surface area contributed by atoms with E-state index in [0.29, 0.717) is 11.8 Å². The SMILES string of the molecule is O=C(O)C1NCC2CCCC[C@@H]21. The Kier molecular flexibility index (Phi) is 2.05. The van der Waals surface area contributed by atoms with Gasteiger partial charge in [-0.25, -0.2) is 0 Å². The van der Waals surface area contributed by atoms with Crippen LogP contribution in [0.1, 0.15) is 25.7 Å². The van der Waals surface area contributed by atoms with Crippen LogP contribution in [0.3, 0.4) is 0 Å². The minimum Gasteiger partial charge on any atom is -0.480 e. The highest BCUT2D eigenvalue weighted by atomic mass is 16.4. The van der Waals surface area contributed by atoms with Gasteiger partial charge in [0, 0.05) is 0 Å². The Morgan fingerprint density at radius 3 is 2.83 bits per heavy atom. The van der Waals surface area contributed by atoms with Gasteiger partial charge in [-0.05, 0) is 31.2 Å². The molecule has 0 aromatic rings. The predicted molar refractivity (Wildman–Crippen MR) is 44.9 cm³/mol. The van der Waals surface area contributed by atoms with E-state index in [-0.39, 0.29) is 6.04 Å². The van der Waals surface area contributed by atoms with Crippen LogP contribution in [0.25, 0.3) is 0 Å². The highest BCUT2D eigenvalue weighted by Crippen LogP contribution is 2.35. The monoisotopic (exact) mass is 169 g/mol. The van der Waals surface area contributed by atoms with Crippen molar-refractivity contribution in [3.8, 4) is 0 Å². The van der Waals surface area contributed by atoms with E-state index in [1.165, 1.54) is 19.3 Å². The number of carboxylic acids is 1. The average molecular weight is 169 g/mol. The molecule has 0 radical (unpaired) electrons. The predicted octanol–water partition coefficient (Wildman–Crippen LogP) is 0.849. The molecule has 1 saturated carbocycles. The first-order chi connectivity index (χ1) is 5.79. The van der Waals surface area contributed by atoms with Crippen LogP contribution in [0, 0.1) is 11.8 Å². The average Bonchev–Trinajstić information content (AvgIpc) is 2.47. The summed E-state index contributed by atoms with van der Waals surface area (Å²) >= 11 is 0. The number of nitrogens with one attached hydrogen (secondary N) is 1. The molecule has 2 N–H and O–H groups in total. The summed E-state index contributed by atoms with van der Waals surface area (Å²) < 4.78 is 0. The van der Waals surface area contributed by atoms with Crippen LogP contribution in [-0.2, 0) is 4.79 Å². The van der Waals surface area contributed by atoms with E-state index < -0.39 is 5.97 Å². The number of rotatable bonds is 1. The van der Waals surface area contributed by atoms with Crippen LogP contribution in [0.5, 0.6) is 0 Å². The summed E-state index contributed by atoms with van der Waals surface area (Å²) in [5, 5.41) is 12.0. The second-order valence-corrected chi connectivity index (χ2v) is 3.93. The Morgan fingerprint density at radius 2 is 2.08 bits per heavy atom. The van der Waals surface area contributed by atoms with Crippen molar-refractivity contribution in [2.75, 3.05) is 6.54 Å². The molecule has 0 spiro atoms. The number of hydrogen-bond acceptors (Lipinski definition) is 2. The fourth-order valence-electron chi connectivity index (χ4n) is 2.63. The number of carboxylic acid groups (broad SMARTS) is 1. The standard InChI is InChI=1S/C9H15NO2/c11-9(12)8-7-4-2-1-3-6(7)5-10-8/h6-8,10H,1-5H2,(H,11,12)/t6?,7-,8?/m0/s1. The van der Waals surface area contributed by atoms with Crippen molar-refractivity contribution in [1.29, 1.82) is 0 Å². The lowest BCUT2D eigenvalue weighted by Gasteiger charge is -2.26. The van der Waals surface area contributed by atoms with E-state index >= 15 is 0 Å². The molecular formula is C9H15NO2. The minimum absolute atomic E-state index is 0.254. The van der Waals surface area contributed by atoms with Crippen LogP contribution >= 0.6 is 0 Å². The van der Waals surface area contributed by atoms with Crippen molar-refractivity contribution >= 4 is 5.97 Å². The molecule has 1 heterocycles. The Hall–Kier alpha value is -0.570. The summed E-state index contributed by atoms with van der Waals surface area (Å²) in [6.07, 6.45) is 4.83. The Labute approximate surface area is 72.2 Å². The molecule has 2 unspecified atom stereocenters. The Morgan fingerprint density at radius 1 is 1.33 bits per heavy atom. The molecule has 3 heteroatoms. The van der Waals surface area contributed by atoms with Gasteiger partial charge in [-0.1, -0.05) is 12.8 Å². The van der Waals surface area contributed by atoms with E-state index in [0.717, 1.165) is 13.0 Å². The normalized spacial score (nSPS) is 40.8. The van der Waals surface area contributed by atoms with Gasteiger partial charge in [0.1, 0.15) is 6.04 Å². The largest absolute Gasteiger partial charge is 0.480 e. The molecule has 0 bridgehead atoms. The molecule has 0 amide bonds. The van der Waals surface area contributed by atoms with Crippen molar-refractivity contribution < 1.29 is 9.90 Å². The van der Waals surface area contributed by atoms with Gasteiger partial charge in [0.2, 0.25) is 0 Å². The summed E-state index contributed by atoms with van der Waals surface area (Å²) in [6, 6.07) is -0.254. The maximum absolute atomic E-state index is 10.8. The van der Waals surface area contributed by atoms with Crippen molar-refractivity contribution in [1.82, 2.24) is 5.32 Å². The lowest BCUT2D eigenvalue weighted by molar-refractivity contribution is -0.140. The van der Waals surface area contributed by atoms with E-state index in [9.17, 15) is 4.79 Å². The Bertz CT molecular complexity index is 193. The number of hydrogen-bond donors (Lipinski definition) is 2. The van der Waals surface area contributed by atoms with Crippen LogP contribution in [0.15, 0.2) is 0 Å². The van der Waals surface area contributed by atoms with Gasteiger partial charge >= 0.3 is 5.97 Å². The molecule has 0 aromatic heterocycles. The van der Waals surface area contributed by atoms with E-state index in [1.807, 2.05) is 0 Å². The lowest BCUT2D eigenvalue weighted by atomic mass is 9.78. The van der Waals surface area contributed by atoms with Crippen molar-refractivity contribution in [3.63, 3.8) is 0 Å². The first kappa shape index (κ1) is 8.05. The smallest absolute Gasteiger partial charge is 0.320 e. The summed E-state index contributed by atoms with van der Waals surface area (Å²) in [6.45, 7) is 0.918. The first-order valence-corrected chi connectivity index (χ1v) is 4.75. The van der Waals surface area contributed by atoms with Gasteiger partial charge in [0.25, 0.3) is 0 Å². The molecule has 2 fully saturated rings. The lowest BCUT2D eigenvalue weighted by Crippen LogP contribution is -2.36. The molecule has 3 nitrogen and oxygen atoms in total.